The molecular formula is C13H24N2O. The maximum atomic E-state index is 12.3. The lowest BCUT2D eigenvalue weighted by molar-refractivity contribution is -0.133. The van der Waals surface area contributed by atoms with Gasteiger partial charge in [0.15, 0.2) is 0 Å². The van der Waals surface area contributed by atoms with E-state index in [1.807, 2.05) is 0 Å². The predicted molar refractivity (Wildman–Crippen MR) is 64.9 cm³/mol. The van der Waals surface area contributed by atoms with E-state index in [1.165, 1.54) is 19.3 Å². The van der Waals surface area contributed by atoms with Crippen molar-refractivity contribution in [3.8, 4) is 0 Å². The minimum absolute atomic E-state index is 0.0625. The molecular weight excluding hydrogens is 200 g/mol. The first-order valence-electron chi connectivity index (χ1n) is 6.69. The minimum Gasteiger partial charge on any atom is -0.326 e. The van der Waals surface area contributed by atoms with Crippen LogP contribution >= 0.6 is 0 Å². The zero-order valence-electron chi connectivity index (χ0n) is 10.7. The summed E-state index contributed by atoms with van der Waals surface area (Å²) in [4.78, 5) is 14.3. The molecule has 3 unspecified atom stereocenters. The molecule has 0 radical (unpaired) electrons. The van der Waals surface area contributed by atoms with Crippen LogP contribution in [-0.2, 0) is 4.79 Å². The topological polar surface area (TPSA) is 32.3 Å². The molecule has 3 nitrogen and oxygen atoms in total. The molecule has 0 aromatic rings. The molecule has 1 N–H and O–H groups in total. The number of hydrogen-bond acceptors (Lipinski definition) is 2. The molecule has 0 spiro atoms. The van der Waals surface area contributed by atoms with E-state index in [1.54, 1.807) is 0 Å². The molecule has 1 aliphatic carbocycles. The smallest absolute Gasteiger partial charge is 0.241 e. The molecule has 16 heavy (non-hydrogen) atoms. The lowest BCUT2D eigenvalue weighted by atomic mass is 9.80. The van der Waals surface area contributed by atoms with E-state index in [9.17, 15) is 4.79 Å². The van der Waals surface area contributed by atoms with Gasteiger partial charge in [-0.3, -0.25) is 10.1 Å². The molecule has 0 aromatic heterocycles. The summed E-state index contributed by atoms with van der Waals surface area (Å²) in [5, 5.41) is 3.37. The quantitative estimate of drug-likeness (QED) is 0.792. The molecule has 1 saturated carbocycles. The minimum atomic E-state index is 0.0625. The number of hydrogen-bond donors (Lipinski definition) is 1. The highest BCUT2D eigenvalue weighted by Gasteiger charge is 2.39. The zero-order chi connectivity index (χ0) is 11.7. The van der Waals surface area contributed by atoms with Crippen LogP contribution < -0.4 is 5.32 Å². The summed E-state index contributed by atoms with van der Waals surface area (Å²) in [6.45, 7) is 7.28. The summed E-state index contributed by atoms with van der Waals surface area (Å²) in [7, 11) is 0. The summed E-state index contributed by atoms with van der Waals surface area (Å²) >= 11 is 0. The van der Waals surface area contributed by atoms with Crippen LogP contribution in [0.2, 0.25) is 0 Å². The molecule has 1 amide bonds. The van der Waals surface area contributed by atoms with Crippen molar-refractivity contribution >= 4 is 5.91 Å². The van der Waals surface area contributed by atoms with Crippen molar-refractivity contribution in [1.29, 1.82) is 0 Å². The van der Waals surface area contributed by atoms with Gasteiger partial charge in [-0.2, -0.15) is 0 Å². The van der Waals surface area contributed by atoms with E-state index in [0.29, 0.717) is 17.9 Å². The average Bonchev–Trinajstić information content (AvgIpc) is 2.56. The second-order valence-electron chi connectivity index (χ2n) is 5.47. The third-order valence-corrected chi connectivity index (χ3v) is 4.57. The summed E-state index contributed by atoms with van der Waals surface area (Å²) in [5.74, 6) is 1.53. The van der Waals surface area contributed by atoms with Gasteiger partial charge >= 0.3 is 0 Å². The van der Waals surface area contributed by atoms with E-state index in [0.717, 1.165) is 19.0 Å². The molecule has 2 aliphatic rings. The fourth-order valence-electron chi connectivity index (χ4n) is 2.74. The van der Waals surface area contributed by atoms with Crippen LogP contribution in [0.5, 0.6) is 0 Å². The van der Waals surface area contributed by atoms with Crippen LogP contribution in [-0.4, -0.2) is 29.6 Å². The lowest BCUT2D eigenvalue weighted by Gasteiger charge is -2.37. The molecule has 3 atom stereocenters. The Morgan fingerprint density at radius 2 is 2.12 bits per heavy atom. The predicted octanol–water partition coefficient (Wildman–Crippen LogP) is 1.98. The number of carbonyl (C=O) groups is 1. The molecule has 2 rings (SSSR count). The Hall–Kier alpha value is -0.570. The maximum absolute atomic E-state index is 12.3. The highest BCUT2D eigenvalue weighted by Crippen LogP contribution is 2.33. The van der Waals surface area contributed by atoms with Crippen LogP contribution in [0.15, 0.2) is 0 Å². The third kappa shape index (κ3) is 1.97. The van der Waals surface area contributed by atoms with Gasteiger partial charge in [-0.25, -0.2) is 0 Å². The van der Waals surface area contributed by atoms with Crippen molar-refractivity contribution in [2.24, 2.45) is 11.8 Å². The van der Waals surface area contributed by atoms with Gasteiger partial charge in [-0.15, -0.1) is 0 Å². The van der Waals surface area contributed by atoms with E-state index in [4.69, 9.17) is 0 Å². The van der Waals surface area contributed by atoms with E-state index in [2.05, 4.69) is 31.0 Å². The molecule has 92 valence electrons. The normalized spacial score (nSPS) is 30.3. The van der Waals surface area contributed by atoms with Crippen LogP contribution in [0, 0.1) is 11.8 Å². The van der Waals surface area contributed by atoms with Crippen molar-refractivity contribution in [2.45, 2.75) is 58.5 Å². The van der Waals surface area contributed by atoms with Gasteiger partial charge < -0.3 is 4.90 Å². The Morgan fingerprint density at radius 1 is 1.44 bits per heavy atom. The molecule has 2 fully saturated rings. The van der Waals surface area contributed by atoms with Crippen LogP contribution in [0.3, 0.4) is 0 Å². The first-order valence-corrected chi connectivity index (χ1v) is 6.69. The first kappa shape index (κ1) is 11.9. The van der Waals surface area contributed by atoms with Gasteiger partial charge in [-0.05, 0) is 31.6 Å². The fraction of sp³-hybridized carbons (Fsp3) is 0.923. The molecule has 1 heterocycles. The summed E-state index contributed by atoms with van der Waals surface area (Å²) in [5.41, 5.74) is 0. The van der Waals surface area contributed by atoms with Crippen molar-refractivity contribution in [3.05, 3.63) is 0 Å². The second kappa shape index (κ2) is 4.74. The van der Waals surface area contributed by atoms with E-state index >= 15 is 0 Å². The SMILES string of the molecule is CCC(C)C1NCN(C(C)C2CCC2)C1=O. The molecule has 3 heteroatoms. The summed E-state index contributed by atoms with van der Waals surface area (Å²) < 4.78 is 0. The Kier molecular flexibility index (Phi) is 3.53. The van der Waals surface area contributed by atoms with Crippen molar-refractivity contribution < 1.29 is 4.79 Å². The van der Waals surface area contributed by atoms with Crippen LogP contribution in [0.4, 0.5) is 0 Å². The average molecular weight is 224 g/mol. The first-order chi connectivity index (χ1) is 7.65. The summed E-state index contributed by atoms with van der Waals surface area (Å²) in [6, 6.07) is 0.496. The highest BCUT2D eigenvalue weighted by molar-refractivity contribution is 5.84. The van der Waals surface area contributed by atoms with Gasteiger partial charge in [0.1, 0.15) is 0 Å². The highest BCUT2D eigenvalue weighted by atomic mass is 16.2. The van der Waals surface area contributed by atoms with Gasteiger partial charge in [0.25, 0.3) is 0 Å². The Balaban J connectivity index is 1.95. The fourth-order valence-corrected chi connectivity index (χ4v) is 2.74. The Labute approximate surface area is 98.6 Å². The largest absolute Gasteiger partial charge is 0.326 e. The monoisotopic (exact) mass is 224 g/mol. The van der Waals surface area contributed by atoms with Gasteiger partial charge in [0.2, 0.25) is 5.91 Å². The van der Waals surface area contributed by atoms with E-state index < -0.39 is 0 Å². The second-order valence-corrected chi connectivity index (χ2v) is 5.47. The molecule has 0 bridgehead atoms. The summed E-state index contributed by atoms with van der Waals surface area (Å²) in [6.07, 6.45) is 5.02. The number of nitrogens with one attached hydrogen (secondary N) is 1. The van der Waals surface area contributed by atoms with Crippen LogP contribution in [0.25, 0.3) is 0 Å². The number of rotatable bonds is 4. The van der Waals surface area contributed by atoms with E-state index in [-0.39, 0.29) is 6.04 Å². The van der Waals surface area contributed by atoms with Crippen molar-refractivity contribution in [2.75, 3.05) is 6.67 Å². The van der Waals surface area contributed by atoms with Crippen molar-refractivity contribution in [1.82, 2.24) is 10.2 Å². The third-order valence-electron chi connectivity index (χ3n) is 4.57. The lowest BCUT2D eigenvalue weighted by Crippen LogP contribution is -2.44. The standard InChI is InChI=1S/C13H24N2O/c1-4-9(2)12-13(16)15(8-14-12)10(3)11-6-5-7-11/h9-12,14H,4-8H2,1-3H3. The van der Waals surface area contributed by atoms with Gasteiger partial charge in [0, 0.05) is 6.04 Å². The molecule has 1 saturated heterocycles. The molecule has 1 aliphatic heterocycles. The number of nitrogens with zero attached hydrogens (tertiary/aromatic N) is 1. The van der Waals surface area contributed by atoms with Crippen molar-refractivity contribution in [3.63, 3.8) is 0 Å². The Bertz CT molecular complexity index is 263. The zero-order valence-corrected chi connectivity index (χ0v) is 10.7. The Morgan fingerprint density at radius 3 is 2.62 bits per heavy atom. The molecule has 0 aromatic carbocycles. The van der Waals surface area contributed by atoms with Gasteiger partial charge in [-0.1, -0.05) is 26.7 Å². The maximum Gasteiger partial charge on any atom is 0.241 e. The number of carbonyl (C=O) groups excluding carboxylic acids is 1. The number of amides is 1. The van der Waals surface area contributed by atoms with Gasteiger partial charge in [0.05, 0.1) is 12.7 Å². The van der Waals surface area contributed by atoms with Crippen LogP contribution in [0.1, 0.15) is 46.5 Å².